The molecule has 15 heteroatoms. The number of hydrogen-bond donors (Lipinski definition) is 2. The van der Waals surface area contributed by atoms with Crippen molar-refractivity contribution < 1.29 is 35.9 Å². The average Bonchev–Trinajstić information content (AvgIpc) is 3.55. The van der Waals surface area contributed by atoms with E-state index in [9.17, 15) is 31.5 Å². The zero-order valence-electron chi connectivity index (χ0n) is 23.7. The quantitative estimate of drug-likeness (QED) is 0.279. The van der Waals surface area contributed by atoms with Gasteiger partial charge < -0.3 is 10.6 Å². The minimum Gasteiger partial charge on any atom is -0.347 e. The highest BCUT2D eigenvalue weighted by atomic mass is 19.4. The Hall–Kier alpha value is -3.65. The van der Waals surface area contributed by atoms with Gasteiger partial charge in [0, 0.05) is 37.7 Å². The molecule has 9 nitrogen and oxygen atoms in total. The summed E-state index contributed by atoms with van der Waals surface area (Å²) in [6, 6.07) is 1.10. The van der Waals surface area contributed by atoms with E-state index in [2.05, 4.69) is 25.7 Å². The van der Waals surface area contributed by atoms with E-state index in [1.165, 1.54) is 29.2 Å². The van der Waals surface area contributed by atoms with Crippen LogP contribution in [0.3, 0.4) is 0 Å². The lowest BCUT2D eigenvalue weighted by Crippen LogP contribution is -2.38. The maximum Gasteiger partial charge on any atom is 0.389 e. The summed E-state index contributed by atoms with van der Waals surface area (Å²) in [7, 11) is 0. The van der Waals surface area contributed by atoms with Crippen LogP contribution < -0.4 is 10.6 Å². The van der Waals surface area contributed by atoms with Gasteiger partial charge in [0.05, 0.1) is 24.2 Å². The number of halogens is 6. The molecule has 234 valence electrons. The second-order valence-corrected chi connectivity index (χ2v) is 11.7. The van der Waals surface area contributed by atoms with E-state index in [0.29, 0.717) is 5.69 Å². The lowest BCUT2D eigenvalue weighted by atomic mass is 9.81. The highest BCUT2D eigenvalue weighted by Crippen LogP contribution is 2.43. The molecule has 2 aliphatic carbocycles. The Balaban J connectivity index is 1.44. The third-order valence-electron chi connectivity index (χ3n) is 8.05. The second kappa shape index (κ2) is 11.8. The Morgan fingerprint density at radius 2 is 1.70 bits per heavy atom. The zero-order valence-corrected chi connectivity index (χ0v) is 23.7. The minimum absolute atomic E-state index is 0.0289. The molecule has 0 aliphatic heterocycles. The number of aromatic nitrogens is 5. The van der Waals surface area contributed by atoms with Gasteiger partial charge >= 0.3 is 6.18 Å². The first-order valence-corrected chi connectivity index (χ1v) is 14.3. The van der Waals surface area contributed by atoms with Gasteiger partial charge in [-0.05, 0) is 63.5 Å². The fourth-order valence-corrected chi connectivity index (χ4v) is 5.59. The SMILES string of the molecule is CC(C)n1nccc1C(=O)N[C@H](c1nc2nc([C@H](NC(=O)CCC(F)(F)F)C3CC3)ccn2c1F)C1CCC(F)(F)CC1. The summed E-state index contributed by atoms with van der Waals surface area (Å²) in [5.74, 6) is -5.68. The van der Waals surface area contributed by atoms with Gasteiger partial charge in [-0.15, -0.1) is 0 Å². The van der Waals surface area contributed by atoms with Crippen molar-refractivity contribution in [1.82, 2.24) is 34.8 Å². The molecule has 0 spiro atoms. The topological polar surface area (TPSA) is 106 Å². The molecule has 3 aromatic rings. The maximum atomic E-state index is 15.9. The van der Waals surface area contributed by atoms with E-state index in [1.54, 1.807) is 0 Å². The van der Waals surface area contributed by atoms with Gasteiger partial charge in [0.1, 0.15) is 11.4 Å². The molecule has 0 saturated heterocycles. The van der Waals surface area contributed by atoms with Crippen molar-refractivity contribution in [2.24, 2.45) is 11.8 Å². The third-order valence-corrected chi connectivity index (χ3v) is 8.05. The van der Waals surface area contributed by atoms with Crippen LogP contribution in [0.1, 0.15) is 105 Å². The monoisotopic (exact) mass is 613 g/mol. The Morgan fingerprint density at radius 3 is 2.33 bits per heavy atom. The molecule has 0 bridgehead atoms. The molecular weight excluding hydrogens is 580 g/mol. The zero-order chi connectivity index (χ0) is 31.1. The summed E-state index contributed by atoms with van der Waals surface area (Å²) in [4.78, 5) is 34.4. The molecule has 43 heavy (non-hydrogen) atoms. The van der Waals surface area contributed by atoms with Crippen molar-refractivity contribution in [3.8, 4) is 0 Å². The Kier molecular flexibility index (Phi) is 8.45. The van der Waals surface area contributed by atoms with Gasteiger partial charge in [0.15, 0.2) is 0 Å². The van der Waals surface area contributed by atoms with E-state index < -0.39 is 73.5 Å². The molecule has 2 aliphatic rings. The van der Waals surface area contributed by atoms with E-state index in [-0.39, 0.29) is 42.0 Å². The smallest absolute Gasteiger partial charge is 0.347 e. The van der Waals surface area contributed by atoms with Crippen LogP contribution in [-0.4, -0.2) is 48.1 Å². The Morgan fingerprint density at radius 1 is 1.02 bits per heavy atom. The Labute approximate surface area is 243 Å². The van der Waals surface area contributed by atoms with Crippen molar-refractivity contribution in [1.29, 1.82) is 0 Å². The normalized spacial score (nSPS) is 19.0. The number of alkyl halides is 5. The van der Waals surface area contributed by atoms with Gasteiger partial charge in [-0.25, -0.2) is 18.7 Å². The largest absolute Gasteiger partial charge is 0.389 e. The number of amides is 2. The molecular formula is C28H33F6N7O2. The summed E-state index contributed by atoms with van der Waals surface area (Å²) in [6.45, 7) is 3.67. The first-order chi connectivity index (χ1) is 20.2. The van der Waals surface area contributed by atoms with Gasteiger partial charge in [-0.2, -0.15) is 22.7 Å². The molecule has 2 N–H and O–H groups in total. The van der Waals surface area contributed by atoms with Crippen LogP contribution in [0.25, 0.3) is 5.78 Å². The summed E-state index contributed by atoms with van der Waals surface area (Å²) < 4.78 is 84.3. The van der Waals surface area contributed by atoms with Crippen LogP contribution >= 0.6 is 0 Å². The van der Waals surface area contributed by atoms with Crippen molar-refractivity contribution in [2.75, 3.05) is 0 Å². The van der Waals surface area contributed by atoms with E-state index in [0.717, 1.165) is 17.2 Å². The first kappa shape index (κ1) is 30.8. The minimum atomic E-state index is -4.47. The number of hydrogen-bond acceptors (Lipinski definition) is 5. The fourth-order valence-electron chi connectivity index (χ4n) is 5.59. The lowest BCUT2D eigenvalue weighted by molar-refractivity contribution is -0.144. The second-order valence-electron chi connectivity index (χ2n) is 11.7. The lowest BCUT2D eigenvalue weighted by Gasteiger charge is -2.33. The van der Waals surface area contributed by atoms with E-state index in [4.69, 9.17) is 0 Å². The number of imidazole rings is 1. The molecule has 0 radical (unpaired) electrons. The molecule has 2 saturated carbocycles. The van der Waals surface area contributed by atoms with Crippen molar-refractivity contribution in [3.05, 3.63) is 47.6 Å². The number of rotatable bonds is 10. The molecule has 2 fully saturated rings. The fraction of sp³-hybridized carbons (Fsp3) is 0.607. The number of carbonyl (C=O) groups is 2. The predicted molar refractivity (Wildman–Crippen MR) is 142 cm³/mol. The van der Waals surface area contributed by atoms with Crippen molar-refractivity contribution >= 4 is 17.6 Å². The summed E-state index contributed by atoms with van der Waals surface area (Å²) in [5, 5.41) is 9.59. The predicted octanol–water partition coefficient (Wildman–Crippen LogP) is 5.85. The average molecular weight is 614 g/mol. The van der Waals surface area contributed by atoms with Crippen molar-refractivity contribution in [3.63, 3.8) is 0 Å². The molecule has 0 aromatic carbocycles. The van der Waals surface area contributed by atoms with Crippen LogP contribution in [0.4, 0.5) is 26.3 Å². The van der Waals surface area contributed by atoms with Gasteiger partial charge in [-0.3, -0.25) is 18.7 Å². The third kappa shape index (κ3) is 7.12. The van der Waals surface area contributed by atoms with Crippen molar-refractivity contribution in [2.45, 2.75) is 95.4 Å². The molecule has 0 unspecified atom stereocenters. The highest BCUT2D eigenvalue weighted by Gasteiger charge is 2.41. The van der Waals surface area contributed by atoms with Crippen LogP contribution in [-0.2, 0) is 4.79 Å². The number of nitrogens with one attached hydrogen (secondary N) is 2. The van der Waals surface area contributed by atoms with Crippen LogP contribution in [0, 0.1) is 17.8 Å². The first-order valence-electron chi connectivity index (χ1n) is 14.3. The van der Waals surface area contributed by atoms with Crippen LogP contribution in [0.2, 0.25) is 0 Å². The highest BCUT2D eigenvalue weighted by molar-refractivity contribution is 5.92. The number of nitrogens with zero attached hydrogens (tertiary/aromatic N) is 5. The van der Waals surface area contributed by atoms with Gasteiger partial charge in [0.2, 0.25) is 23.6 Å². The van der Waals surface area contributed by atoms with E-state index in [1.807, 2.05) is 13.8 Å². The summed E-state index contributed by atoms with van der Waals surface area (Å²) in [6.07, 6.45) is -2.95. The van der Waals surface area contributed by atoms with Crippen LogP contribution in [0.5, 0.6) is 0 Å². The van der Waals surface area contributed by atoms with E-state index >= 15 is 4.39 Å². The molecule has 2 amide bonds. The molecule has 3 heterocycles. The standard InChI is InChI=1S/C28H33F6N7O2/c1-15(2)41-19(8-13-35-41)25(43)38-22(17-5-10-27(30,31)11-6-17)23-24(29)40-14-9-18(36-26(40)39-23)21(16-3-4-16)37-20(42)7-12-28(32,33)34/h8-9,13-17,21-22H,3-7,10-12H2,1-2H3,(H,37,42)(H,38,43)/t21-,22+/m1/s1. The molecule has 5 rings (SSSR count). The molecule has 2 atom stereocenters. The summed E-state index contributed by atoms with van der Waals surface area (Å²) >= 11 is 0. The summed E-state index contributed by atoms with van der Waals surface area (Å²) in [5.41, 5.74) is 0.367. The van der Waals surface area contributed by atoms with Gasteiger partial charge in [-0.1, -0.05) is 0 Å². The van der Waals surface area contributed by atoms with Crippen LogP contribution in [0.15, 0.2) is 24.5 Å². The number of fused-ring (bicyclic) bond motifs is 1. The maximum absolute atomic E-state index is 15.9. The van der Waals surface area contributed by atoms with Gasteiger partial charge in [0.25, 0.3) is 5.91 Å². The number of carbonyl (C=O) groups excluding carboxylic acids is 2. The Bertz CT molecular complexity index is 1470. The molecule has 3 aromatic heterocycles.